The van der Waals surface area contributed by atoms with E-state index in [2.05, 4.69) is 83.8 Å². The fourth-order valence-corrected chi connectivity index (χ4v) is 6.49. The Labute approximate surface area is 158 Å². The van der Waals surface area contributed by atoms with Crippen molar-refractivity contribution in [3.8, 4) is 0 Å². The minimum absolute atomic E-state index is 0.433. The minimum Gasteiger partial charge on any atom is -0.304 e. The first kappa shape index (κ1) is 16.5. The first-order valence-electron chi connectivity index (χ1n) is 7.96. The van der Waals surface area contributed by atoms with Crippen molar-refractivity contribution < 1.29 is 0 Å². The second-order valence-electron chi connectivity index (χ2n) is 5.53. The van der Waals surface area contributed by atoms with Crippen LogP contribution in [0.15, 0.2) is 97.1 Å². The molecule has 25 heavy (non-hydrogen) atoms. The highest BCUT2D eigenvalue weighted by molar-refractivity contribution is 8.95. The molecule has 0 spiro atoms. The highest BCUT2D eigenvalue weighted by Gasteiger charge is 2.23. The van der Waals surface area contributed by atoms with E-state index in [1.807, 2.05) is 18.2 Å². The summed E-state index contributed by atoms with van der Waals surface area (Å²) in [6.45, 7) is 0. The smallest absolute Gasteiger partial charge is 0.0964 e. The predicted molar refractivity (Wildman–Crippen MR) is 115 cm³/mol. The molecule has 0 amide bonds. The monoisotopic (exact) mass is 381 g/mol. The Morgan fingerprint density at radius 3 is 1.68 bits per heavy atom. The van der Waals surface area contributed by atoms with E-state index < -0.39 is 8.73 Å². The Bertz CT molecular complexity index is 882. The maximum absolute atomic E-state index is 6.78. The van der Waals surface area contributed by atoms with Gasteiger partial charge in [0.1, 0.15) is 0 Å². The molecule has 1 aliphatic rings. The van der Waals surface area contributed by atoms with Crippen molar-refractivity contribution in [2.24, 2.45) is 0 Å². The molecule has 0 N–H and O–H groups in total. The molecular formula is C21H16ClNS2. The summed E-state index contributed by atoms with van der Waals surface area (Å²) in [5.74, 6) is 0. The van der Waals surface area contributed by atoms with Gasteiger partial charge in [-0.05, 0) is 66.1 Å². The summed E-state index contributed by atoms with van der Waals surface area (Å²) >= 11 is 0. The fourth-order valence-electron chi connectivity index (χ4n) is 2.73. The third kappa shape index (κ3) is 3.54. The van der Waals surface area contributed by atoms with Crippen LogP contribution < -0.4 is 4.90 Å². The molecule has 0 aromatic heterocycles. The van der Waals surface area contributed by atoms with Crippen LogP contribution in [0.4, 0.5) is 11.4 Å². The number of para-hydroxylation sites is 2. The van der Waals surface area contributed by atoms with E-state index >= 15 is 0 Å². The predicted octanol–water partition coefficient (Wildman–Crippen LogP) is 7.08. The van der Waals surface area contributed by atoms with Crippen molar-refractivity contribution >= 4 is 51.5 Å². The average molecular weight is 382 g/mol. The Morgan fingerprint density at radius 2 is 1.16 bits per heavy atom. The third-order valence-electron chi connectivity index (χ3n) is 3.89. The second kappa shape index (κ2) is 7.52. The summed E-state index contributed by atoms with van der Waals surface area (Å²) in [4.78, 5) is 4.58. The van der Waals surface area contributed by atoms with Crippen molar-refractivity contribution in [3.63, 3.8) is 0 Å². The summed E-state index contributed by atoms with van der Waals surface area (Å²) in [7, 11) is 8.06. The lowest BCUT2D eigenvalue weighted by Gasteiger charge is -2.25. The topological polar surface area (TPSA) is 3.24 Å². The second-order valence-corrected chi connectivity index (χ2v) is 9.97. The number of benzene rings is 3. The first-order chi connectivity index (χ1) is 12.3. The van der Waals surface area contributed by atoms with Crippen LogP contribution in [0, 0.1) is 0 Å². The van der Waals surface area contributed by atoms with Crippen LogP contribution in [-0.2, 0) is 0 Å². The van der Waals surface area contributed by atoms with Gasteiger partial charge in [-0.1, -0.05) is 66.7 Å². The quantitative estimate of drug-likeness (QED) is 0.352. The average Bonchev–Trinajstić information content (AvgIpc) is 3.06. The molecule has 0 fully saturated rings. The van der Waals surface area contributed by atoms with Gasteiger partial charge in [-0.15, -0.1) is 0 Å². The van der Waals surface area contributed by atoms with Crippen LogP contribution in [0.1, 0.15) is 5.56 Å². The summed E-state index contributed by atoms with van der Waals surface area (Å²) in [6, 6.07) is 31.2. The molecule has 3 aromatic carbocycles. The molecule has 0 saturated heterocycles. The first-order valence-corrected chi connectivity index (χ1v) is 11.3. The van der Waals surface area contributed by atoms with Crippen LogP contribution in [-0.4, -0.2) is 4.99 Å². The van der Waals surface area contributed by atoms with Gasteiger partial charge in [-0.2, -0.15) is 0 Å². The zero-order valence-electron chi connectivity index (χ0n) is 13.4. The Balaban J connectivity index is 1.80. The summed E-state index contributed by atoms with van der Waals surface area (Å²) in [5.41, 5.74) is 3.45. The SMILES string of the molecule is ClS1=C(N(c2ccccc2)c2ccccc2)C=C(c2ccccc2)S1. The maximum atomic E-state index is 6.78. The summed E-state index contributed by atoms with van der Waals surface area (Å²) in [5, 5.41) is 0. The van der Waals surface area contributed by atoms with Gasteiger partial charge in [-0.3, -0.25) is 0 Å². The van der Waals surface area contributed by atoms with Crippen molar-refractivity contribution in [1.82, 2.24) is 0 Å². The number of hydrogen-bond donors (Lipinski definition) is 0. The van der Waals surface area contributed by atoms with E-state index in [9.17, 15) is 0 Å². The van der Waals surface area contributed by atoms with Crippen molar-refractivity contribution in [3.05, 3.63) is 103 Å². The van der Waals surface area contributed by atoms with Gasteiger partial charge in [0.25, 0.3) is 0 Å². The Morgan fingerprint density at radius 1 is 0.680 bits per heavy atom. The zero-order valence-corrected chi connectivity index (χ0v) is 15.8. The zero-order chi connectivity index (χ0) is 17.1. The molecule has 0 radical (unpaired) electrons. The van der Waals surface area contributed by atoms with Crippen LogP contribution in [0.2, 0.25) is 0 Å². The standard InChI is InChI=1S/C21H16ClNS2/c22-25-21(16-20(24-25)17-10-4-1-5-11-17)23(18-12-6-2-7-13-18)19-14-8-3-9-15-19/h1-16H. The fraction of sp³-hybridized carbons (Fsp3) is 0. The van der Waals surface area contributed by atoms with E-state index in [0.29, 0.717) is 0 Å². The van der Waals surface area contributed by atoms with Crippen LogP contribution in [0.25, 0.3) is 4.91 Å². The van der Waals surface area contributed by atoms with Gasteiger partial charge in [-0.25, -0.2) is 0 Å². The van der Waals surface area contributed by atoms with Gasteiger partial charge in [0.15, 0.2) is 0 Å². The summed E-state index contributed by atoms with van der Waals surface area (Å²) < 4.78 is 0. The number of hydrogen-bond acceptors (Lipinski definition) is 2. The Kier molecular flexibility index (Phi) is 4.97. The molecule has 0 saturated carbocycles. The lowest BCUT2D eigenvalue weighted by Crippen LogP contribution is -2.22. The van der Waals surface area contributed by atoms with Crippen LogP contribution >= 0.6 is 30.2 Å². The van der Waals surface area contributed by atoms with Crippen molar-refractivity contribution in [1.29, 1.82) is 0 Å². The van der Waals surface area contributed by atoms with Crippen LogP contribution in [0.3, 0.4) is 0 Å². The molecule has 1 atom stereocenters. The van der Waals surface area contributed by atoms with Crippen LogP contribution in [0.5, 0.6) is 0 Å². The highest BCUT2D eigenvalue weighted by atomic mass is 35.7. The van der Waals surface area contributed by atoms with Gasteiger partial charge >= 0.3 is 0 Å². The molecule has 1 nitrogen and oxygen atoms in total. The Hall–Kier alpha value is -1.94. The van der Waals surface area contributed by atoms with E-state index in [1.54, 1.807) is 10.8 Å². The maximum Gasteiger partial charge on any atom is 0.0964 e. The number of nitrogens with zero attached hydrogens (tertiary/aromatic N) is 1. The summed E-state index contributed by atoms with van der Waals surface area (Å²) in [6.07, 6.45) is 2.22. The molecule has 1 aliphatic heterocycles. The molecule has 4 heteroatoms. The molecule has 3 aromatic rings. The highest BCUT2D eigenvalue weighted by Crippen LogP contribution is 2.53. The van der Waals surface area contributed by atoms with Gasteiger partial charge in [0, 0.05) is 16.3 Å². The number of anilines is 2. The van der Waals surface area contributed by atoms with E-state index in [4.69, 9.17) is 10.7 Å². The van der Waals surface area contributed by atoms with Gasteiger partial charge in [0.2, 0.25) is 0 Å². The minimum atomic E-state index is -0.433. The molecule has 4 rings (SSSR count). The molecule has 1 heterocycles. The molecule has 0 bridgehead atoms. The molecular weight excluding hydrogens is 366 g/mol. The van der Waals surface area contributed by atoms with Crippen molar-refractivity contribution in [2.75, 3.05) is 4.90 Å². The van der Waals surface area contributed by atoms with E-state index in [0.717, 1.165) is 16.4 Å². The van der Waals surface area contributed by atoms with E-state index in [-0.39, 0.29) is 0 Å². The molecule has 124 valence electrons. The number of halogens is 1. The van der Waals surface area contributed by atoms with E-state index in [1.165, 1.54) is 10.5 Å². The third-order valence-corrected chi connectivity index (χ3v) is 7.73. The molecule has 0 aliphatic carbocycles. The van der Waals surface area contributed by atoms with Gasteiger partial charge < -0.3 is 4.90 Å². The lowest BCUT2D eigenvalue weighted by molar-refractivity contribution is 1.37. The largest absolute Gasteiger partial charge is 0.304 e. The van der Waals surface area contributed by atoms with Gasteiger partial charge in [0.05, 0.1) is 4.99 Å². The normalized spacial score (nSPS) is 16.6. The van der Waals surface area contributed by atoms with Crippen molar-refractivity contribution in [2.45, 2.75) is 0 Å². The molecule has 1 unspecified atom stereocenters. The number of rotatable bonds is 3. The lowest BCUT2D eigenvalue weighted by atomic mass is 10.2.